The molecule has 0 aromatic heterocycles. The fourth-order valence-electron chi connectivity index (χ4n) is 3.03. The SMILES string of the molecule is COc1ccc(C(=O)OCC(=O)c2ccc(Cl)cc2)cc1S(=O)(=O)N(C)Cc1ccccc1. The summed E-state index contributed by atoms with van der Waals surface area (Å²) in [6.45, 7) is -0.362. The topological polar surface area (TPSA) is 90.0 Å². The molecule has 0 aliphatic carbocycles. The average Bonchev–Trinajstić information content (AvgIpc) is 2.82. The van der Waals surface area contributed by atoms with Gasteiger partial charge in [-0.3, -0.25) is 4.79 Å². The minimum atomic E-state index is -3.99. The molecular weight excluding hydrogens is 466 g/mol. The summed E-state index contributed by atoms with van der Waals surface area (Å²) >= 11 is 5.81. The zero-order valence-electron chi connectivity index (χ0n) is 18.0. The number of methoxy groups -OCH3 is 1. The lowest BCUT2D eigenvalue weighted by Crippen LogP contribution is -2.27. The predicted molar refractivity (Wildman–Crippen MR) is 124 cm³/mol. The van der Waals surface area contributed by atoms with E-state index in [2.05, 4.69) is 0 Å². The van der Waals surface area contributed by atoms with Gasteiger partial charge in [0.1, 0.15) is 10.6 Å². The van der Waals surface area contributed by atoms with E-state index in [1.807, 2.05) is 30.3 Å². The van der Waals surface area contributed by atoms with E-state index >= 15 is 0 Å². The van der Waals surface area contributed by atoms with Gasteiger partial charge in [-0.2, -0.15) is 4.31 Å². The summed E-state index contributed by atoms with van der Waals surface area (Å²) in [6, 6.07) is 19.2. The first-order valence-corrected chi connectivity index (χ1v) is 11.7. The Bertz CT molecular complexity index is 1240. The van der Waals surface area contributed by atoms with E-state index in [9.17, 15) is 18.0 Å². The van der Waals surface area contributed by atoms with Gasteiger partial charge in [0.15, 0.2) is 12.4 Å². The first-order valence-electron chi connectivity index (χ1n) is 9.86. The largest absolute Gasteiger partial charge is 0.495 e. The van der Waals surface area contributed by atoms with Crippen molar-refractivity contribution in [2.45, 2.75) is 11.4 Å². The standard InChI is InChI=1S/C24H22ClNO6S/c1-26(15-17-6-4-3-5-7-17)33(29,30)23-14-19(10-13-22(23)31-2)24(28)32-16-21(27)18-8-11-20(25)12-9-18/h3-14H,15-16H2,1-2H3. The van der Waals surface area contributed by atoms with Crippen molar-refractivity contribution >= 4 is 33.4 Å². The van der Waals surface area contributed by atoms with Gasteiger partial charge in [0.25, 0.3) is 0 Å². The van der Waals surface area contributed by atoms with Gasteiger partial charge in [0, 0.05) is 24.2 Å². The Morgan fingerprint density at radius 1 is 0.939 bits per heavy atom. The highest BCUT2D eigenvalue weighted by Gasteiger charge is 2.27. The molecule has 0 amide bonds. The molecule has 0 atom stereocenters. The van der Waals surface area contributed by atoms with Crippen molar-refractivity contribution in [1.29, 1.82) is 0 Å². The number of esters is 1. The van der Waals surface area contributed by atoms with Crippen molar-refractivity contribution < 1.29 is 27.5 Å². The van der Waals surface area contributed by atoms with Crippen molar-refractivity contribution in [3.63, 3.8) is 0 Å². The van der Waals surface area contributed by atoms with Crippen molar-refractivity contribution in [3.8, 4) is 5.75 Å². The fraction of sp³-hybridized carbons (Fsp3) is 0.167. The molecule has 3 aromatic carbocycles. The molecule has 0 saturated heterocycles. The third-order valence-corrected chi connectivity index (χ3v) is 6.91. The molecule has 0 unspecified atom stereocenters. The number of sulfonamides is 1. The number of carbonyl (C=O) groups excluding carboxylic acids is 2. The number of Topliss-reactive ketones (excluding diaryl/α,β-unsaturated/α-hetero) is 1. The van der Waals surface area contributed by atoms with Crippen molar-refractivity contribution in [2.75, 3.05) is 20.8 Å². The van der Waals surface area contributed by atoms with E-state index < -0.39 is 28.4 Å². The number of ether oxygens (including phenoxy) is 2. The van der Waals surface area contributed by atoms with E-state index in [1.165, 1.54) is 48.8 Å². The molecule has 33 heavy (non-hydrogen) atoms. The molecule has 7 nitrogen and oxygen atoms in total. The number of ketones is 1. The highest BCUT2D eigenvalue weighted by atomic mass is 35.5. The minimum Gasteiger partial charge on any atom is -0.495 e. The molecule has 0 radical (unpaired) electrons. The number of halogens is 1. The Morgan fingerprint density at radius 3 is 2.21 bits per heavy atom. The van der Waals surface area contributed by atoms with E-state index in [-0.39, 0.29) is 22.8 Å². The normalized spacial score (nSPS) is 11.3. The van der Waals surface area contributed by atoms with Crippen LogP contribution in [0.1, 0.15) is 26.3 Å². The number of carbonyl (C=O) groups is 2. The van der Waals surface area contributed by atoms with Gasteiger partial charge in [-0.15, -0.1) is 0 Å². The van der Waals surface area contributed by atoms with Crippen LogP contribution in [0.5, 0.6) is 5.75 Å². The first-order chi connectivity index (χ1) is 15.7. The van der Waals surface area contributed by atoms with Crippen LogP contribution in [0, 0.1) is 0 Å². The van der Waals surface area contributed by atoms with E-state index in [1.54, 1.807) is 12.1 Å². The summed E-state index contributed by atoms with van der Waals surface area (Å²) in [6.07, 6.45) is 0. The molecule has 172 valence electrons. The van der Waals surface area contributed by atoms with Gasteiger partial charge >= 0.3 is 5.97 Å². The number of nitrogens with zero attached hydrogens (tertiary/aromatic N) is 1. The second-order valence-electron chi connectivity index (χ2n) is 7.12. The molecule has 0 saturated carbocycles. The maximum absolute atomic E-state index is 13.2. The Kier molecular flexibility index (Phi) is 7.86. The molecule has 0 aliphatic heterocycles. The molecule has 0 bridgehead atoms. The van der Waals surface area contributed by atoms with Crippen LogP contribution >= 0.6 is 11.6 Å². The second kappa shape index (κ2) is 10.6. The summed E-state index contributed by atoms with van der Waals surface area (Å²) < 4.78 is 37.9. The second-order valence-corrected chi connectivity index (χ2v) is 9.57. The van der Waals surface area contributed by atoms with Crippen LogP contribution in [0.3, 0.4) is 0 Å². The Balaban J connectivity index is 1.78. The maximum atomic E-state index is 13.2. The average molecular weight is 488 g/mol. The first kappa shape index (κ1) is 24.4. The Hall–Kier alpha value is -3.20. The Morgan fingerprint density at radius 2 is 1.58 bits per heavy atom. The van der Waals surface area contributed by atoms with Gasteiger partial charge in [-0.05, 0) is 48.0 Å². The number of benzene rings is 3. The third kappa shape index (κ3) is 5.98. The summed E-state index contributed by atoms with van der Waals surface area (Å²) in [5, 5.41) is 0.479. The molecule has 3 rings (SSSR count). The molecule has 0 aliphatic rings. The van der Waals surface area contributed by atoms with Crippen molar-refractivity contribution in [2.24, 2.45) is 0 Å². The van der Waals surface area contributed by atoms with Gasteiger partial charge in [-0.1, -0.05) is 41.9 Å². The van der Waals surface area contributed by atoms with Crippen LogP contribution in [0.25, 0.3) is 0 Å². The molecule has 0 heterocycles. The molecule has 0 spiro atoms. The molecule has 3 aromatic rings. The summed E-state index contributed by atoms with van der Waals surface area (Å²) in [4.78, 5) is 24.6. The van der Waals surface area contributed by atoms with Gasteiger partial charge in [0.05, 0.1) is 12.7 Å². The Labute approximate surface area is 197 Å². The van der Waals surface area contributed by atoms with Crippen molar-refractivity contribution in [1.82, 2.24) is 4.31 Å². The van der Waals surface area contributed by atoms with Crippen LogP contribution in [-0.2, 0) is 21.3 Å². The monoisotopic (exact) mass is 487 g/mol. The maximum Gasteiger partial charge on any atom is 0.338 e. The van der Waals surface area contributed by atoms with Crippen LogP contribution < -0.4 is 4.74 Å². The van der Waals surface area contributed by atoms with Crippen LogP contribution in [0.2, 0.25) is 5.02 Å². The minimum absolute atomic E-state index is 0.0219. The zero-order chi connectivity index (χ0) is 24.0. The molecule has 0 fully saturated rings. The summed E-state index contributed by atoms with van der Waals surface area (Å²) in [7, 11) is -1.21. The summed E-state index contributed by atoms with van der Waals surface area (Å²) in [5.41, 5.74) is 1.12. The lowest BCUT2D eigenvalue weighted by Gasteiger charge is -2.19. The van der Waals surface area contributed by atoms with Gasteiger partial charge < -0.3 is 9.47 Å². The van der Waals surface area contributed by atoms with Crippen LogP contribution in [-0.4, -0.2) is 45.2 Å². The highest BCUT2D eigenvalue weighted by Crippen LogP contribution is 2.28. The van der Waals surface area contributed by atoms with Crippen molar-refractivity contribution in [3.05, 3.63) is 94.5 Å². The number of rotatable bonds is 9. The van der Waals surface area contributed by atoms with E-state index in [0.717, 1.165) is 5.56 Å². The van der Waals surface area contributed by atoms with Crippen LogP contribution in [0.4, 0.5) is 0 Å². The fourth-order valence-corrected chi connectivity index (χ4v) is 4.49. The quantitative estimate of drug-likeness (QED) is 0.332. The molecule has 9 heteroatoms. The third-order valence-electron chi connectivity index (χ3n) is 4.84. The lowest BCUT2D eigenvalue weighted by molar-refractivity contribution is 0.0474. The smallest absolute Gasteiger partial charge is 0.338 e. The number of hydrogen-bond acceptors (Lipinski definition) is 6. The van der Waals surface area contributed by atoms with Crippen LogP contribution in [0.15, 0.2) is 77.7 Å². The zero-order valence-corrected chi connectivity index (χ0v) is 19.6. The number of hydrogen-bond donors (Lipinski definition) is 0. The highest BCUT2D eigenvalue weighted by molar-refractivity contribution is 7.89. The van der Waals surface area contributed by atoms with Gasteiger partial charge in [-0.25, -0.2) is 13.2 Å². The van der Waals surface area contributed by atoms with Gasteiger partial charge in [0.2, 0.25) is 10.0 Å². The van der Waals surface area contributed by atoms with E-state index in [4.69, 9.17) is 21.1 Å². The lowest BCUT2D eigenvalue weighted by atomic mass is 10.1. The van der Waals surface area contributed by atoms with E-state index in [0.29, 0.717) is 10.6 Å². The molecular formula is C24H22ClNO6S. The predicted octanol–water partition coefficient (Wildman–Crippen LogP) is 4.21. The summed E-state index contributed by atoms with van der Waals surface area (Å²) in [5.74, 6) is -1.16. The molecule has 0 N–H and O–H groups in total.